The highest BCUT2D eigenvalue weighted by Gasteiger charge is 2.21. The molecule has 0 aromatic carbocycles. The van der Waals surface area contributed by atoms with Gasteiger partial charge >= 0.3 is 0 Å². The molecule has 2 rings (SSSR count). The lowest BCUT2D eigenvalue weighted by Crippen LogP contribution is -2.10. The molecule has 0 saturated heterocycles. The number of thiazole rings is 1. The average molecular weight is 169 g/mol. The molecule has 0 bridgehead atoms. The number of nitrogen functional groups attached to an aromatic ring is 1. The lowest BCUT2D eigenvalue weighted by Gasteiger charge is -2.22. The van der Waals surface area contributed by atoms with Gasteiger partial charge in [-0.1, -0.05) is 6.42 Å². The molecule has 0 atom stereocenters. The Morgan fingerprint density at radius 2 is 2.45 bits per heavy atom. The Hall–Kier alpha value is -0.610. The van der Waals surface area contributed by atoms with Crippen molar-refractivity contribution >= 4 is 16.5 Å². The van der Waals surface area contributed by atoms with Crippen LogP contribution in [0, 0.1) is 0 Å². The summed E-state index contributed by atoms with van der Waals surface area (Å²) >= 11 is 1.58. The van der Waals surface area contributed by atoms with E-state index in [1.54, 1.807) is 11.3 Å². The van der Waals surface area contributed by atoms with E-state index in [0.29, 0.717) is 5.92 Å². The molecule has 0 spiro atoms. The van der Waals surface area contributed by atoms with Crippen LogP contribution in [0.1, 0.15) is 30.9 Å². The predicted octanol–water partition coefficient (Wildman–Crippen LogP) is 1.70. The Labute approximate surface area is 69.6 Å². The molecule has 60 valence electrons. The molecule has 1 aliphatic carbocycles. The topological polar surface area (TPSA) is 50.9 Å². The van der Waals surface area contributed by atoms with Gasteiger partial charge in [-0.25, -0.2) is 10.8 Å². The molecule has 11 heavy (non-hydrogen) atoms. The van der Waals surface area contributed by atoms with Crippen molar-refractivity contribution in [2.24, 2.45) is 5.84 Å². The van der Waals surface area contributed by atoms with Crippen LogP contribution in [0.3, 0.4) is 0 Å². The number of hydrogen-bond donors (Lipinski definition) is 2. The molecule has 1 aromatic heterocycles. The molecule has 0 unspecified atom stereocenters. The third-order valence-corrected chi connectivity index (χ3v) is 2.96. The SMILES string of the molecule is NNc1nc(C2CCC2)cs1. The van der Waals surface area contributed by atoms with Crippen molar-refractivity contribution < 1.29 is 0 Å². The number of nitrogens with two attached hydrogens (primary N) is 1. The van der Waals surface area contributed by atoms with Crippen molar-refractivity contribution in [3.05, 3.63) is 11.1 Å². The van der Waals surface area contributed by atoms with Gasteiger partial charge in [0.15, 0.2) is 5.13 Å². The summed E-state index contributed by atoms with van der Waals surface area (Å²) < 4.78 is 0. The van der Waals surface area contributed by atoms with Crippen LogP contribution in [-0.2, 0) is 0 Å². The van der Waals surface area contributed by atoms with Gasteiger partial charge in [-0.15, -0.1) is 11.3 Å². The highest BCUT2D eigenvalue weighted by molar-refractivity contribution is 7.13. The molecule has 0 amide bonds. The van der Waals surface area contributed by atoms with E-state index in [1.165, 1.54) is 25.0 Å². The van der Waals surface area contributed by atoms with Crippen LogP contribution in [0.2, 0.25) is 0 Å². The van der Waals surface area contributed by atoms with Crippen LogP contribution in [0.4, 0.5) is 5.13 Å². The van der Waals surface area contributed by atoms with Gasteiger partial charge in [-0.05, 0) is 12.8 Å². The Morgan fingerprint density at radius 1 is 1.64 bits per heavy atom. The molecule has 4 heteroatoms. The minimum atomic E-state index is 0.716. The fourth-order valence-electron chi connectivity index (χ4n) is 1.24. The summed E-state index contributed by atoms with van der Waals surface area (Å²) in [6.45, 7) is 0. The van der Waals surface area contributed by atoms with Crippen LogP contribution >= 0.6 is 11.3 Å². The van der Waals surface area contributed by atoms with Gasteiger partial charge in [0.25, 0.3) is 0 Å². The smallest absolute Gasteiger partial charge is 0.197 e. The fourth-order valence-corrected chi connectivity index (χ4v) is 1.95. The number of nitrogens with zero attached hydrogens (tertiary/aromatic N) is 1. The van der Waals surface area contributed by atoms with Crippen LogP contribution in [0.25, 0.3) is 0 Å². The maximum absolute atomic E-state index is 5.22. The first-order chi connectivity index (χ1) is 5.40. The number of rotatable bonds is 2. The summed E-state index contributed by atoms with van der Waals surface area (Å²) in [5.74, 6) is 5.94. The summed E-state index contributed by atoms with van der Waals surface area (Å²) in [6.07, 6.45) is 3.95. The maximum atomic E-state index is 5.22. The zero-order valence-electron chi connectivity index (χ0n) is 6.21. The number of anilines is 1. The Morgan fingerprint density at radius 3 is 2.91 bits per heavy atom. The summed E-state index contributed by atoms with van der Waals surface area (Å²) in [5, 5.41) is 2.92. The molecule has 1 heterocycles. The fraction of sp³-hybridized carbons (Fsp3) is 0.571. The molecule has 3 N–H and O–H groups in total. The summed E-state index contributed by atoms with van der Waals surface area (Å²) in [5.41, 5.74) is 3.77. The van der Waals surface area contributed by atoms with Crippen LogP contribution in [0.15, 0.2) is 5.38 Å². The molecule has 3 nitrogen and oxygen atoms in total. The van der Waals surface area contributed by atoms with E-state index in [0.717, 1.165) is 5.13 Å². The molecule has 0 aliphatic heterocycles. The van der Waals surface area contributed by atoms with E-state index in [9.17, 15) is 0 Å². The second kappa shape index (κ2) is 2.79. The second-order valence-corrected chi connectivity index (χ2v) is 3.71. The van der Waals surface area contributed by atoms with Gasteiger partial charge in [-0.3, -0.25) is 5.43 Å². The van der Waals surface area contributed by atoms with Crippen molar-refractivity contribution in [3.63, 3.8) is 0 Å². The minimum Gasteiger partial charge on any atom is -0.300 e. The first-order valence-electron chi connectivity index (χ1n) is 3.82. The zero-order chi connectivity index (χ0) is 7.68. The largest absolute Gasteiger partial charge is 0.300 e. The monoisotopic (exact) mass is 169 g/mol. The first-order valence-corrected chi connectivity index (χ1v) is 4.70. The van der Waals surface area contributed by atoms with Gasteiger partial charge in [0.05, 0.1) is 5.69 Å². The third kappa shape index (κ3) is 1.23. The highest BCUT2D eigenvalue weighted by atomic mass is 32.1. The Balaban J connectivity index is 2.11. The zero-order valence-corrected chi connectivity index (χ0v) is 7.03. The van der Waals surface area contributed by atoms with Gasteiger partial charge in [0.1, 0.15) is 0 Å². The minimum absolute atomic E-state index is 0.716. The first kappa shape index (κ1) is 7.06. The Kier molecular flexibility index (Phi) is 1.79. The van der Waals surface area contributed by atoms with Crippen LogP contribution in [-0.4, -0.2) is 4.98 Å². The number of hydrogen-bond acceptors (Lipinski definition) is 4. The summed E-state index contributed by atoms with van der Waals surface area (Å²) in [6, 6.07) is 0. The van der Waals surface area contributed by atoms with E-state index in [4.69, 9.17) is 5.84 Å². The van der Waals surface area contributed by atoms with Crippen molar-refractivity contribution in [2.45, 2.75) is 25.2 Å². The molecule has 1 aliphatic rings. The van der Waals surface area contributed by atoms with Crippen LogP contribution < -0.4 is 11.3 Å². The summed E-state index contributed by atoms with van der Waals surface area (Å²) in [7, 11) is 0. The molecule has 1 aromatic rings. The second-order valence-electron chi connectivity index (χ2n) is 2.85. The molecule has 0 radical (unpaired) electrons. The molecule has 1 fully saturated rings. The molecular weight excluding hydrogens is 158 g/mol. The predicted molar refractivity (Wildman–Crippen MR) is 46.5 cm³/mol. The standard InChI is InChI=1S/C7H11N3S/c8-10-7-9-6(4-11-7)5-2-1-3-5/h4-5H,1-3,8H2,(H,9,10). The molecular formula is C7H11N3S. The third-order valence-electron chi connectivity index (χ3n) is 2.17. The van der Waals surface area contributed by atoms with Gasteiger partial charge < -0.3 is 0 Å². The lowest BCUT2D eigenvalue weighted by atomic mass is 9.83. The van der Waals surface area contributed by atoms with Gasteiger partial charge in [0.2, 0.25) is 0 Å². The number of nitrogens with one attached hydrogen (secondary N) is 1. The highest BCUT2D eigenvalue weighted by Crippen LogP contribution is 2.37. The quantitative estimate of drug-likeness (QED) is 0.523. The van der Waals surface area contributed by atoms with E-state index < -0.39 is 0 Å². The average Bonchev–Trinajstić information content (AvgIpc) is 2.32. The van der Waals surface area contributed by atoms with Gasteiger partial charge in [-0.2, -0.15) is 0 Å². The van der Waals surface area contributed by atoms with Gasteiger partial charge in [0, 0.05) is 11.3 Å². The van der Waals surface area contributed by atoms with E-state index in [1.807, 2.05) is 0 Å². The normalized spacial score (nSPS) is 17.9. The van der Waals surface area contributed by atoms with Crippen LogP contribution in [0.5, 0.6) is 0 Å². The summed E-state index contributed by atoms with van der Waals surface area (Å²) in [4.78, 5) is 4.33. The maximum Gasteiger partial charge on any atom is 0.197 e. The van der Waals surface area contributed by atoms with Crippen molar-refractivity contribution in [1.29, 1.82) is 0 Å². The molecule has 1 saturated carbocycles. The number of hydrazine groups is 1. The van der Waals surface area contributed by atoms with Crippen molar-refractivity contribution in [3.8, 4) is 0 Å². The van der Waals surface area contributed by atoms with Crippen molar-refractivity contribution in [2.75, 3.05) is 5.43 Å². The van der Waals surface area contributed by atoms with Crippen molar-refractivity contribution in [1.82, 2.24) is 4.98 Å². The lowest BCUT2D eigenvalue weighted by molar-refractivity contribution is 0.413. The van der Waals surface area contributed by atoms with E-state index in [-0.39, 0.29) is 0 Å². The van der Waals surface area contributed by atoms with E-state index in [2.05, 4.69) is 15.8 Å². The van der Waals surface area contributed by atoms with E-state index >= 15 is 0 Å². The Bertz CT molecular complexity index is 242. The number of aromatic nitrogens is 1.